The Morgan fingerprint density at radius 1 is 0.826 bits per heavy atom. The van der Waals surface area contributed by atoms with Gasteiger partial charge < -0.3 is 5.32 Å². The van der Waals surface area contributed by atoms with Crippen LogP contribution >= 0.6 is 0 Å². The van der Waals surface area contributed by atoms with Gasteiger partial charge in [0, 0.05) is 31.2 Å². The van der Waals surface area contributed by atoms with E-state index >= 15 is 0 Å². The van der Waals surface area contributed by atoms with Crippen LogP contribution in [0, 0.1) is 0 Å². The lowest BCUT2D eigenvalue weighted by Gasteiger charge is -2.41. The number of nitrogens with one attached hydrogen (secondary N) is 1. The van der Waals surface area contributed by atoms with Gasteiger partial charge >= 0.3 is 0 Å². The van der Waals surface area contributed by atoms with Crippen LogP contribution in [-0.4, -0.2) is 36.1 Å². The molecule has 0 unspecified atom stereocenters. The van der Waals surface area contributed by atoms with E-state index in [1.807, 2.05) is 0 Å². The molecule has 1 fully saturated rings. The van der Waals surface area contributed by atoms with Crippen LogP contribution in [0.5, 0.6) is 0 Å². The number of hydrogen-bond acceptors (Lipinski definition) is 2. The molecule has 0 aromatic heterocycles. The first-order valence-electron chi connectivity index (χ1n) is 8.78. The van der Waals surface area contributed by atoms with Crippen LogP contribution in [0.4, 0.5) is 0 Å². The molecule has 23 heavy (non-hydrogen) atoms. The van der Waals surface area contributed by atoms with Gasteiger partial charge in [-0.05, 0) is 37.8 Å². The standard InChI is InChI=1S/C21H28N2/c1-17(2)23-15-20(13-18-9-5-3-6-10-18)22-21(16-23)14-19-11-7-4-8-12-19/h3-12,17,20-22H,13-16H2,1-2H3/t20-,21-/m1/s1. The van der Waals surface area contributed by atoms with E-state index in [1.165, 1.54) is 11.1 Å². The van der Waals surface area contributed by atoms with Gasteiger partial charge in [0.1, 0.15) is 0 Å². The highest BCUT2D eigenvalue weighted by Crippen LogP contribution is 2.15. The third-order valence-electron chi connectivity index (χ3n) is 4.76. The molecule has 1 saturated heterocycles. The molecule has 2 heteroatoms. The van der Waals surface area contributed by atoms with E-state index in [-0.39, 0.29) is 0 Å². The third kappa shape index (κ3) is 4.66. The zero-order valence-corrected chi connectivity index (χ0v) is 14.3. The summed E-state index contributed by atoms with van der Waals surface area (Å²) in [5, 5.41) is 3.89. The van der Waals surface area contributed by atoms with Crippen molar-refractivity contribution in [3.63, 3.8) is 0 Å². The topological polar surface area (TPSA) is 15.3 Å². The van der Waals surface area contributed by atoms with Crippen molar-refractivity contribution in [1.29, 1.82) is 0 Å². The van der Waals surface area contributed by atoms with E-state index in [2.05, 4.69) is 84.7 Å². The lowest BCUT2D eigenvalue weighted by molar-refractivity contribution is 0.127. The first kappa shape index (κ1) is 16.2. The number of hydrogen-bond donors (Lipinski definition) is 1. The molecule has 0 amide bonds. The van der Waals surface area contributed by atoms with Crippen LogP contribution in [0.1, 0.15) is 25.0 Å². The summed E-state index contributed by atoms with van der Waals surface area (Å²) in [6.45, 7) is 6.89. The van der Waals surface area contributed by atoms with E-state index in [1.54, 1.807) is 0 Å². The Kier molecular flexibility index (Phi) is 5.47. The second kappa shape index (κ2) is 7.76. The minimum atomic E-state index is 0.530. The molecule has 1 aliphatic rings. The largest absolute Gasteiger partial charge is 0.308 e. The van der Waals surface area contributed by atoms with Gasteiger partial charge in [-0.3, -0.25) is 4.90 Å². The highest BCUT2D eigenvalue weighted by atomic mass is 15.2. The van der Waals surface area contributed by atoms with Crippen molar-refractivity contribution in [2.75, 3.05) is 13.1 Å². The smallest absolute Gasteiger partial charge is 0.0238 e. The summed E-state index contributed by atoms with van der Waals surface area (Å²) in [6.07, 6.45) is 2.21. The lowest BCUT2D eigenvalue weighted by atomic mass is 9.97. The van der Waals surface area contributed by atoms with Crippen molar-refractivity contribution >= 4 is 0 Å². The SMILES string of the molecule is CC(C)N1C[C@@H](Cc2ccccc2)N[C@H](Cc2ccccc2)C1. The van der Waals surface area contributed by atoms with E-state index in [9.17, 15) is 0 Å². The molecule has 1 aliphatic heterocycles. The van der Waals surface area contributed by atoms with Crippen LogP contribution in [0.25, 0.3) is 0 Å². The number of piperazine rings is 1. The zero-order chi connectivity index (χ0) is 16.1. The van der Waals surface area contributed by atoms with Crippen LogP contribution in [-0.2, 0) is 12.8 Å². The predicted octanol–water partition coefficient (Wildman–Crippen LogP) is 3.52. The zero-order valence-electron chi connectivity index (χ0n) is 14.3. The van der Waals surface area contributed by atoms with Gasteiger partial charge in [-0.1, -0.05) is 60.7 Å². The Morgan fingerprint density at radius 2 is 1.26 bits per heavy atom. The average Bonchev–Trinajstić information content (AvgIpc) is 2.56. The van der Waals surface area contributed by atoms with E-state index in [4.69, 9.17) is 0 Å². The lowest BCUT2D eigenvalue weighted by Crippen LogP contribution is -2.59. The summed E-state index contributed by atoms with van der Waals surface area (Å²) >= 11 is 0. The first-order valence-corrected chi connectivity index (χ1v) is 8.78. The summed E-state index contributed by atoms with van der Waals surface area (Å²) in [6, 6.07) is 23.4. The molecule has 0 aliphatic carbocycles. The van der Waals surface area contributed by atoms with Crippen LogP contribution in [0.3, 0.4) is 0 Å². The first-order chi connectivity index (χ1) is 11.2. The minimum Gasteiger partial charge on any atom is -0.308 e. The van der Waals surface area contributed by atoms with Crippen molar-refractivity contribution in [3.05, 3.63) is 71.8 Å². The van der Waals surface area contributed by atoms with Crippen molar-refractivity contribution in [2.24, 2.45) is 0 Å². The van der Waals surface area contributed by atoms with Gasteiger partial charge in [0.2, 0.25) is 0 Å². The molecule has 1 N–H and O–H groups in total. The fourth-order valence-corrected chi connectivity index (χ4v) is 3.55. The maximum absolute atomic E-state index is 3.89. The molecule has 3 rings (SSSR count). The van der Waals surface area contributed by atoms with Gasteiger partial charge in [-0.25, -0.2) is 0 Å². The van der Waals surface area contributed by atoms with Crippen molar-refractivity contribution in [1.82, 2.24) is 10.2 Å². The molecule has 1 heterocycles. The number of rotatable bonds is 5. The van der Waals surface area contributed by atoms with Gasteiger partial charge in [0.25, 0.3) is 0 Å². The average molecular weight is 308 g/mol. The fourth-order valence-electron chi connectivity index (χ4n) is 3.55. The molecule has 122 valence electrons. The van der Waals surface area contributed by atoms with Crippen LogP contribution in [0.15, 0.2) is 60.7 Å². The quantitative estimate of drug-likeness (QED) is 0.909. The summed E-state index contributed by atoms with van der Waals surface area (Å²) in [5.41, 5.74) is 2.85. The highest BCUT2D eigenvalue weighted by molar-refractivity contribution is 5.18. The molecular weight excluding hydrogens is 280 g/mol. The molecule has 2 aromatic rings. The predicted molar refractivity (Wildman–Crippen MR) is 97.7 cm³/mol. The van der Waals surface area contributed by atoms with Gasteiger partial charge in [-0.15, -0.1) is 0 Å². The molecule has 0 radical (unpaired) electrons. The van der Waals surface area contributed by atoms with Gasteiger partial charge in [0.05, 0.1) is 0 Å². The number of benzene rings is 2. The second-order valence-electron chi connectivity index (χ2n) is 6.99. The molecule has 2 aromatic carbocycles. The summed E-state index contributed by atoms with van der Waals surface area (Å²) < 4.78 is 0. The van der Waals surface area contributed by atoms with Crippen molar-refractivity contribution in [2.45, 2.75) is 44.8 Å². The van der Waals surface area contributed by atoms with Crippen LogP contribution in [0.2, 0.25) is 0 Å². The minimum absolute atomic E-state index is 0.530. The monoisotopic (exact) mass is 308 g/mol. The summed E-state index contributed by atoms with van der Waals surface area (Å²) in [5.74, 6) is 0. The molecule has 2 nitrogen and oxygen atoms in total. The normalized spacial score (nSPS) is 22.4. The number of nitrogens with zero attached hydrogens (tertiary/aromatic N) is 1. The Hall–Kier alpha value is -1.64. The summed E-state index contributed by atoms with van der Waals surface area (Å²) in [4.78, 5) is 2.62. The molecule has 0 spiro atoms. The molecular formula is C21H28N2. The maximum atomic E-state index is 3.89. The Balaban J connectivity index is 1.68. The van der Waals surface area contributed by atoms with Gasteiger partial charge in [0.15, 0.2) is 0 Å². The third-order valence-corrected chi connectivity index (χ3v) is 4.76. The summed E-state index contributed by atoms with van der Waals surface area (Å²) in [7, 11) is 0. The highest BCUT2D eigenvalue weighted by Gasteiger charge is 2.27. The Morgan fingerprint density at radius 3 is 1.65 bits per heavy atom. The van der Waals surface area contributed by atoms with E-state index in [0.717, 1.165) is 25.9 Å². The maximum Gasteiger partial charge on any atom is 0.0238 e. The molecule has 2 atom stereocenters. The Bertz CT molecular complexity index is 530. The second-order valence-corrected chi connectivity index (χ2v) is 6.99. The van der Waals surface area contributed by atoms with Gasteiger partial charge in [-0.2, -0.15) is 0 Å². The van der Waals surface area contributed by atoms with E-state index in [0.29, 0.717) is 18.1 Å². The van der Waals surface area contributed by atoms with Crippen LogP contribution < -0.4 is 5.32 Å². The van der Waals surface area contributed by atoms with E-state index < -0.39 is 0 Å². The van der Waals surface area contributed by atoms with Crippen molar-refractivity contribution < 1.29 is 0 Å². The molecule has 0 bridgehead atoms. The molecule has 0 saturated carbocycles. The fraction of sp³-hybridized carbons (Fsp3) is 0.429. The Labute approximate surface area is 140 Å². The van der Waals surface area contributed by atoms with Crippen molar-refractivity contribution in [3.8, 4) is 0 Å².